The summed E-state index contributed by atoms with van der Waals surface area (Å²) in [5.41, 5.74) is 1.08. The van der Waals surface area contributed by atoms with Gasteiger partial charge in [0.2, 0.25) is 5.95 Å². The molecule has 2 N–H and O–H groups in total. The van der Waals surface area contributed by atoms with Gasteiger partial charge in [0.15, 0.2) is 0 Å². The van der Waals surface area contributed by atoms with Gasteiger partial charge in [-0.05, 0) is 44.8 Å². The number of rotatable bonds is 6. The van der Waals surface area contributed by atoms with Gasteiger partial charge >= 0.3 is 0 Å². The standard InChI is InChI=1S/C13H22N4O/c1-11-9-16-13(17-10-11)15-5-2-8-18-12-3-6-14-7-4-12/h9-10,12,14H,2-8H2,1H3,(H,15,16,17). The summed E-state index contributed by atoms with van der Waals surface area (Å²) in [5, 5.41) is 6.53. The topological polar surface area (TPSA) is 59.1 Å². The highest BCUT2D eigenvalue weighted by Gasteiger charge is 2.12. The maximum Gasteiger partial charge on any atom is 0.222 e. The Morgan fingerprint density at radius 3 is 2.78 bits per heavy atom. The van der Waals surface area contributed by atoms with Gasteiger partial charge in [0, 0.05) is 25.5 Å². The molecule has 18 heavy (non-hydrogen) atoms. The molecule has 5 nitrogen and oxygen atoms in total. The number of aryl methyl sites for hydroxylation is 1. The molecule has 0 aromatic carbocycles. The van der Waals surface area contributed by atoms with E-state index in [1.165, 1.54) is 0 Å². The van der Waals surface area contributed by atoms with Crippen molar-refractivity contribution in [2.24, 2.45) is 0 Å². The molecule has 1 fully saturated rings. The van der Waals surface area contributed by atoms with E-state index in [2.05, 4.69) is 20.6 Å². The van der Waals surface area contributed by atoms with Crippen molar-refractivity contribution < 1.29 is 4.74 Å². The molecule has 1 aliphatic rings. The van der Waals surface area contributed by atoms with E-state index in [9.17, 15) is 0 Å². The lowest BCUT2D eigenvalue weighted by Crippen LogP contribution is -2.32. The predicted octanol–water partition coefficient (Wildman–Crippen LogP) is 1.36. The van der Waals surface area contributed by atoms with Gasteiger partial charge in [0.05, 0.1) is 6.10 Å². The van der Waals surface area contributed by atoms with E-state index < -0.39 is 0 Å². The van der Waals surface area contributed by atoms with Crippen LogP contribution in [0.25, 0.3) is 0 Å². The molecule has 0 spiro atoms. The summed E-state index contributed by atoms with van der Waals surface area (Å²) in [6.07, 6.45) is 7.34. The third-order valence-electron chi connectivity index (χ3n) is 3.02. The highest BCUT2D eigenvalue weighted by atomic mass is 16.5. The van der Waals surface area contributed by atoms with Gasteiger partial charge in [-0.2, -0.15) is 0 Å². The molecular formula is C13H22N4O. The van der Waals surface area contributed by atoms with Gasteiger partial charge in [-0.3, -0.25) is 0 Å². The summed E-state index contributed by atoms with van der Waals surface area (Å²) in [7, 11) is 0. The lowest BCUT2D eigenvalue weighted by molar-refractivity contribution is 0.0329. The zero-order valence-corrected chi connectivity index (χ0v) is 11.0. The molecule has 100 valence electrons. The van der Waals surface area contributed by atoms with Crippen LogP contribution in [0.2, 0.25) is 0 Å². The van der Waals surface area contributed by atoms with Crippen LogP contribution >= 0.6 is 0 Å². The highest BCUT2D eigenvalue weighted by Crippen LogP contribution is 2.07. The molecule has 1 aromatic heterocycles. The number of hydrogen-bond acceptors (Lipinski definition) is 5. The fraction of sp³-hybridized carbons (Fsp3) is 0.692. The fourth-order valence-corrected chi connectivity index (χ4v) is 1.97. The van der Waals surface area contributed by atoms with E-state index in [1.807, 2.05) is 19.3 Å². The predicted molar refractivity (Wildman–Crippen MR) is 71.7 cm³/mol. The first kappa shape index (κ1) is 13.2. The summed E-state index contributed by atoms with van der Waals surface area (Å²) in [5.74, 6) is 0.697. The molecule has 0 bridgehead atoms. The second kappa shape index (κ2) is 7.28. The van der Waals surface area contributed by atoms with E-state index >= 15 is 0 Å². The van der Waals surface area contributed by atoms with Crippen molar-refractivity contribution in [1.29, 1.82) is 0 Å². The minimum atomic E-state index is 0.446. The zero-order valence-electron chi connectivity index (χ0n) is 11.0. The largest absolute Gasteiger partial charge is 0.378 e. The van der Waals surface area contributed by atoms with Crippen molar-refractivity contribution in [2.75, 3.05) is 31.6 Å². The number of hydrogen-bond donors (Lipinski definition) is 2. The quantitative estimate of drug-likeness (QED) is 0.746. The van der Waals surface area contributed by atoms with Crippen molar-refractivity contribution in [2.45, 2.75) is 32.3 Å². The Bertz CT molecular complexity index is 335. The number of piperidine rings is 1. The molecule has 0 amide bonds. The maximum atomic E-state index is 5.82. The van der Waals surface area contributed by atoms with E-state index in [4.69, 9.17) is 4.74 Å². The summed E-state index contributed by atoms with van der Waals surface area (Å²) < 4.78 is 5.82. The molecule has 0 unspecified atom stereocenters. The molecule has 1 saturated heterocycles. The highest BCUT2D eigenvalue weighted by molar-refractivity contribution is 5.23. The molecule has 0 saturated carbocycles. The van der Waals surface area contributed by atoms with Gasteiger partial charge in [0.25, 0.3) is 0 Å². The molecule has 5 heteroatoms. The lowest BCUT2D eigenvalue weighted by atomic mass is 10.1. The molecule has 0 radical (unpaired) electrons. The third kappa shape index (κ3) is 4.58. The minimum absolute atomic E-state index is 0.446. The molecule has 1 aliphatic heterocycles. The second-order valence-electron chi connectivity index (χ2n) is 4.68. The number of ether oxygens (including phenoxy) is 1. The van der Waals surface area contributed by atoms with E-state index in [0.717, 1.165) is 51.1 Å². The lowest BCUT2D eigenvalue weighted by Gasteiger charge is -2.22. The Labute approximate surface area is 108 Å². The first-order valence-corrected chi connectivity index (χ1v) is 6.69. The van der Waals surface area contributed by atoms with Crippen LogP contribution < -0.4 is 10.6 Å². The summed E-state index contributed by atoms with van der Waals surface area (Å²) in [6.45, 7) is 5.81. The number of aromatic nitrogens is 2. The van der Waals surface area contributed by atoms with Crippen LogP contribution in [0.3, 0.4) is 0 Å². The molecule has 1 aromatic rings. The fourth-order valence-electron chi connectivity index (χ4n) is 1.97. The normalized spacial score (nSPS) is 16.7. The Kier molecular flexibility index (Phi) is 5.36. The molecule has 2 heterocycles. The molecular weight excluding hydrogens is 228 g/mol. The average molecular weight is 250 g/mol. The number of nitrogens with zero attached hydrogens (tertiary/aromatic N) is 2. The van der Waals surface area contributed by atoms with Crippen molar-refractivity contribution >= 4 is 5.95 Å². The van der Waals surface area contributed by atoms with Crippen molar-refractivity contribution in [3.05, 3.63) is 18.0 Å². The van der Waals surface area contributed by atoms with Gasteiger partial charge in [-0.15, -0.1) is 0 Å². The summed E-state index contributed by atoms with van der Waals surface area (Å²) >= 11 is 0. The average Bonchev–Trinajstić information content (AvgIpc) is 2.42. The second-order valence-corrected chi connectivity index (χ2v) is 4.68. The molecule has 0 aliphatic carbocycles. The third-order valence-corrected chi connectivity index (χ3v) is 3.02. The summed E-state index contributed by atoms with van der Waals surface area (Å²) in [4.78, 5) is 8.39. The Balaban J connectivity index is 1.54. The summed E-state index contributed by atoms with van der Waals surface area (Å²) in [6, 6.07) is 0. The van der Waals surface area contributed by atoms with Crippen LogP contribution in [-0.4, -0.2) is 42.3 Å². The van der Waals surface area contributed by atoms with Crippen LogP contribution in [-0.2, 0) is 4.74 Å². The van der Waals surface area contributed by atoms with Gasteiger partial charge < -0.3 is 15.4 Å². The van der Waals surface area contributed by atoms with Crippen LogP contribution in [0.4, 0.5) is 5.95 Å². The smallest absolute Gasteiger partial charge is 0.222 e. The Morgan fingerprint density at radius 1 is 1.33 bits per heavy atom. The number of nitrogens with one attached hydrogen (secondary N) is 2. The van der Waals surface area contributed by atoms with Crippen molar-refractivity contribution in [3.8, 4) is 0 Å². The monoisotopic (exact) mass is 250 g/mol. The molecule has 2 rings (SSSR count). The van der Waals surface area contributed by atoms with E-state index in [-0.39, 0.29) is 0 Å². The first-order valence-electron chi connectivity index (χ1n) is 6.69. The maximum absolute atomic E-state index is 5.82. The minimum Gasteiger partial charge on any atom is -0.378 e. The molecule has 0 atom stereocenters. The Morgan fingerprint density at radius 2 is 2.06 bits per heavy atom. The SMILES string of the molecule is Cc1cnc(NCCCOC2CCNCC2)nc1. The van der Waals surface area contributed by atoms with Gasteiger partial charge in [-0.1, -0.05) is 0 Å². The van der Waals surface area contributed by atoms with Crippen molar-refractivity contribution in [3.63, 3.8) is 0 Å². The van der Waals surface area contributed by atoms with Crippen LogP contribution in [0, 0.1) is 6.92 Å². The Hall–Kier alpha value is -1.20. The zero-order chi connectivity index (χ0) is 12.6. The van der Waals surface area contributed by atoms with Crippen LogP contribution in [0.1, 0.15) is 24.8 Å². The van der Waals surface area contributed by atoms with Gasteiger partial charge in [-0.25, -0.2) is 9.97 Å². The van der Waals surface area contributed by atoms with Crippen LogP contribution in [0.5, 0.6) is 0 Å². The van der Waals surface area contributed by atoms with E-state index in [0.29, 0.717) is 12.1 Å². The number of anilines is 1. The van der Waals surface area contributed by atoms with Crippen molar-refractivity contribution in [1.82, 2.24) is 15.3 Å². The first-order chi connectivity index (χ1) is 8.84. The van der Waals surface area contributed by atoms with Crippen LogP contribution in [0.15, 0.2) is 12.4 Å². The van der Waals surface area contributed by atoms with E-state index in [1.54, 1.807) is 0 Å². The van der Waals surface area contributed by atoms with Gasteiger partial charge in [0.1, 0.15) is 0 Å².